The number of hydrogen-bond donors (Lipinski definition) is 0. The molecule has 1 saturated carbocycles. The number of methoxy groups -OCH3 is 1. The van der Waals surface area contributed by atoms with Crippen LogP contribution < -0.4 is 0 Å². The third kappa shape index (κ3) is 2.43. The van der Waals surface area contributed by atoms with E-state index in [1.54, 1.807) is 13.2 Å². The lowest BCUT2D eigenvalue weighted by Gasteiger charge is -2.26. The van der Waals surface area contributed by atoms with Crippen molar-refractivity contribution in [3.63, 3.8) is 0 Å². The van der Waals surface area contributed by atoms with E-state index >= 15 is 0 Å². The summed E-state index contributed by atoms with van der Waals surface area (Å²) in [7, 11) is 1.73. The van der Waals surface area contributed by atoms with Gasteiger partial charge in [-0.25, -0.2) is 9.97 Å². The Bertz CT molecular complexity index is 595. The van der Waals surface area contributed by atoms with Crippen LogP contribution in [0, 0.1) is 0 Å². The van der Waals surface area contributed by atoms with E-state index in [4.69, 9.17) is 21.3 Å². The van der Waals surface area contributed by atoms with E-state index in [0.29, 0.717) is 11.0 Å². The first-order valence-electron chi connectivity index (χ1n) is 6.89. The number of nitrogens with zero attached hydrogens (tertiary/aromatic N) is 2. The molecule has 1 heterocycles. The zero-order valence-electron chi connectivity index (χ0n) is 11.5. The minimum Gasteiger partial charge on any atom is -0.370 e. The maximum atomic E-state index is 6.19. The normalized spacial score (nSPS) is 17.3. The van der Waals surface area contributed by atoms with Crippen LogP contribution in [-0.2, 0) is 10.3 Å². The summed E-state index contributed by atoms with van der Waals surface area (Å²) in [5, 5.41) is 0.470. The molecule has 1 aromatic carbocycles. The minimum absolute atomic E-state index is 0.367. The molecule has 4 heteroatoms. The van der Waals surface area contributed by atoms with Gasteiger partial charge < -0.3 is 4.74 Å². The smallest absolute Gasteiger partial charge is 0.162 e. The summed E-state index contributed by atoms with van der Waals surface area (Å²) in [6.45, 7) is 0. The van der Waals surface area contributed by atoms with E-state index in [9.17, 15) is 0 Å². The number of halogens is 1. The van der Waals surface area contributed by atoms with E-state index in [2.05, 4.69) is 4.98 Å². The molecule has 1 fully saturated rings. The summed E-state index contributed by atoms with van der Waals surface area (Å²) in [6.07, 6.45) is 4.20. The van der Waals surface area contributed by atoms with Crippen LogP contribution in [0.2, 0.25) is 5.15 Å². The third-order valence-electron chi connectivity index (χ3n) is 3.97. The molecule has 0 aliphatic heterocycles. The van der Waals surface area contributed by atoms with Gasteiger partial charge in [-0.1, -0.05) is 41.9 Å². The molecule has 0 N–H and O–H groups in total. The van der Waals surface area contributed by atoms with Gasteiger partial charge in [-0.2, -0.15) is 0 Å². The predicted octanol–water partition coefficient (Wildman–Crippen LogP) is 4.21. The Balaban J connectivity index is 2.07. The molecular formula is C16H17ClN2O. The Morgan fingerprint density at radius 2 is 1.80 bits per heavy atom. The molecule has 1 aliphatic carbocycles. The van der Waals surface area contributed by atoms with Crippen molar-refractivity contribution >= 4 is 11.6 Å². The van der Waals surface area contributed by atoms with Crippen LogP contribution in [0.15, 0.2) is 36.4 Å². The van der Waals surface area contributed by atoms with Crippen LogP contribution in [0.5, 0.6) is 0 Å². The van der Waals surface area contributed by atoms with Gasteiger partial charge in [0.2, 0.25) is 0 Å². The van der Waals surface area contributed by atoms with Crippen molar-refractivity contribution in [1.82, 2.24) is 9.97 Å². The van der Waals surface area contributed by atoms with E-state index in [1.807, 2.05) is 30.3 Å². The average Bonchev–Trinajstić information content (AvgIpc) is 2.98. The number of hydrogen-bond acceptors (Lipinski definition) is 3. The van der Waals surface area contributed by atoms with Crippen LogP contribution in [0.3, 0.4) is 0 Å². The summed E-state index contributed by atoms with van der Waals surface area (Å²) < 4.78 is 5.75. The standard InChI is InChI=1S/C16H17ClN2O/c1-20-16(9-5-6-10-16)15-18-13(11-14(17)19-15)12-7-3-2-4-8-12/h2-4,7-8,11H,5-6,9-10H2,1H3. The van der Waals surface area contributed by atoms with Crippen molar-refractivity contribution in [3.05, 3.63) is 47.4 Å². The second-order valence-electron chi connectivity index (χ2n) is 5.17. The fraction of sp³-hybridized carbons (Fsp3) is 0.375. The minimum atomic E-state index is -0.367. The summed E-state index contributed by atoms with van der Waals surface area (Å²) >= 11 is 6.19. The van der Waals surface area contributed by atoms with Crippen molar-refractivity contribution in [2.24, 2.45) is 0 Å². The highest BCUT2D eigenvalue weighted by atomic mass is 35.5. The molecule has 1 aliphatic rings. The third-order valence-corrected chi connectivity index (χ3v) is 4.17. The Morgan fingerprint density at radius 1 is 1.10 bits per heavy atom. The summed E-state index contributed by atoms with van der Waals surface area (Å²) in [4.78, 5) is 9.12. The summed E-state index contributed by atoms with van der Waals surface area (Å²) in [5.74, 6) is 0.712. The molecule has 1 aromatic heterocycles. The van der Waals surface area contributed by atoms with E-state index in [0.717, 1.165) is 36.9 Å². The Kier molecular flexibility index (Phi) is 3.72. The monoisotopic (exact) mass is 288 g/mol. The van der Waals surface area contributed by atoms with Gasteiger partial charge in [0, 0.05) is 18.7 Å². The fourth-order valence-electron chi connectivity index (χ4n) is 2.84. The Labute approximate surface area is 124 Å². The first-order valence-corrected chi connectivity index (χ1v) is 7.27. The first-order chi connectivity index (χ1) is 9.73. The molecule has 0 radical (unpaired) electrons. The second-order valence-corrected chi connectivity index (χ2v) is 5.56. The highest BCUT2D eigenvalue weighted by molar-refractivity contribution is 6.29. The van der Waals surface area contributed by atoms with Gasteiger partial charge in [0.15, 0.2) is 5.82 Å². The van der Waals surface area contributed by atoms with Gasteiger partial charge in [-0.05, 0) is 25.7 Å². The van der Waals surface area contributed by atoms with Crippen molar-refractivity contribution in [2.45, 2.75) is 31.3 Å². The van der Waals surface area contributed by atoms with Crippen molar-refractivity contribution in [1.29, 1.82) is 0 Å². The number of benzene rings is 1. The number of ether oxygens (including phenoxy) is 1. The van der Waals surface area contributed by atoms with Gasteiger partial charge in [-0.15, -0.1) is 0 Å². The van der Waals surface area contributed by atoms with Crippen molar-refractivity contribution < 1.29 is 4.74 Å². The van der Waals surface area contributed by atoms with E-state index < -0.39 is 0 Å². The maximum Gasteiger partial charge on any atom is 0.162 e. The zero-order valence-corrected chi connectivity index (χ0v) is 12.2. The topological polar surface area (TPSA) is 35.0 Å². The van der Waals surface area contributed by atoms with Gasteiger partial charge in [0.25, 0.3) is 0 Å². The molecule has 20 heavy (non-hydrogen) atoms. The van der Waals surface area contributed by atoms with Crippen molar-refractivity contribution in [3.8, 4) is 11.3 Å². The Morgan fingerprint density at radius 3 is 2.45 bits per heavy atom. The molecule has 2 aromatic rings. The molecule has 0 bridgehead atoms. The largest absolute Gasteiger partial charge is 0.370 e. The lowest BCUT2D eigenvalue weighted by Crippen LogP contribution is -2.27. The number of rotatable bonds is 3. The maximum absolute atomic E-state index is 6.19. The highest BCUT2D eigenvalue weighted by Crippen LogP contribution is 2.40. The second kappa shape index (κ2) is 5.51. The molecular weight excluding hydrogens is 272 g/mol. The molecule has 3 rings (SSSR count). The lowest BCUT2D eigenvalue weighted by atomic mass is 10.0. The summed E-state index contributed by atoms with van der Waals surface area (Å²) in [6, 6.07) is 11.8. The Hall–Kier alpha value is -1.45. The molecule has 0 unspecified atom stereocenters. The molecule has 0 spiro atoms. The van der Waals surface area contributed by atoms with Crippen molar-refractivity contribution in [2.75, 3.05) is 7.11 Å². The average molecular weight is 289 g/mol. The zero-order chi connectivity index (χ0) is 14.0. The predicted molar refractivity (Wildman–Crippen MR) is 79.6 cm³/mol. The van der Waals surface area contributed by atoms with Gasteiger partial charge in [0.1, 0.15) is 10.8 Å². The van der Waals surface area contributed by atoms with Gasteiger partial charge in [-0.3, -0.25) is 0 Å². The first kappa shape index (κ1) is 13.5. The highest BCUT2D eigenvalue weighted by Gasteiger charge is 2.38. The van der Waals surface area contributed by atoms with E-state index in [-0.39, 0.29) is 5.60 Å². The van der Waals surface area contributed by atoms with Gasteiger partial charge in [0.05, 0.1) is 5.69 Å². The van der Waals surface area contributed by atoms with Crippen LogP contribution in [0.25, 0.3) is 11.3 Å². The molecule has 3 nitrogen and oxygen atoms in total. The fourth-order valence-corrected chi connectivity index (χ4v) is 3.03. The molecule has 0 saturated heterocycles. The van der Waals surface area contributed by atoms with Crippen LogP contribution in [-0.4, -0.2) is 17.1 Å². The van der Waals surface area contributed by atoms with Crippen LogP contribution in [0.4, 0.5) is 0 Å². The van der Waals surface area contributed by atoms with Gasteiger partial charge >= 0.3 is 0 Å². The number of aromatic nitrogens is 2. The van der Waals surface area contributed by atoms with Crippen LogP contribution in [0.1, 0.15) is 31.5 Å². The molecule has 0 atom stereocenters. The SMILES string of the molecule is COC1(c2nc(Cl)cc(-c3ccccc3)n2)CCCC1. The molecule has 0 amide bonds. The molecule has 104 valence electrons. The quantitative estimate of drug-likeness (QED) is 0.794. The van der Waals surface area contributed by atoms with Crippen LogP contribution >= 0.6 is 11.6 Å². The van der Waals surface area contributed by atoms with E-state index in [1.165, 1.54) is 0 Å². The lowest BCUT2D eigenvalue weighted by molar-refractivity contribution is -0.0162. The summed E-state index contributed by atoms with van der Waals surface area (Å²) in [5.41, 5.74) is 1.53.